The molecule has 0 saturated carbocycles. The van der Waals surface area contributed by atoms with Crippen molar-refractivity contribution in [3.63, 3.8) is 0 Å². The number of halogens is 2. The summed E-state index contributed by atoms with van der Waals surface area (Å²) in [6, 6.07) is 0. The third-order valence-electron chi connectivity index (χ3n) is 2.11. The lowest BCUT2D eigenvalue weighted by Crippen LogP contribution is -2.13. The number of nitrogens with two attached hydrogens (primary N) is 2. The highest BCUT2D eigenvalue weighted by Crippen LogP contribution is 2.29. The Labute approximate surface area is 90.1 Å². The molecular formula is C9H11F2N3O2. The van der Waals surface area contributed by atoms with Crippen LogP contribution in [0.4, 0.5) is 14.6 Å². The topological polar surface area (TPSA) is 102 Å². The lowest BCUT2D eigenvalue weighted by Gasteiger charge is -2.13. The fourth-order valence-electron chi connectivity index (χ4n) is 1.42. The van der Waals surface area contributed by atoms with Gasteiger partial charge in [-0.05, 0) is 11.1 Å². The number of alkyl halides is 2. The van der Waals surface area contributed by atoms with Gasteiger partial charge in [-0.15, -0.1) is 0 Å². The molecule has 5 N–H and O–H groups in total. The molecule has 0 aromatic carbocycles. The van der Waals surface area contributed by atoms with Crippen LogP contribution in [0.3, 0.4) is 0 Å². The van der Waals surface area contributed by atoms with E-state index < -0.39 is 24.4 Å². The van der Waals surface area contributed by atoms with E-state index in [9.17, 15) is 13.6 Å². The van der Waals surface area contributed by atoms with Crippen molar-refractivity contribution in [1.29, 1.82) is 0 Å². The predicted molar refractivity (Wildman–Crippen MR) is 52.8 cm³/mol. The van der Waals surface area contributed by atoms with E-state index in [4.69, 9.17) is 16.6 Å². The maximum absolute atomic E-state index is 12.7. The molecule has 88 valence electrons. The van der Waals surface area contributed by atoms with Crippen LogP contribution in [-0.4, -0.2) is 16.1 Å². The third-order valence-corrected chi connectivity index (χ3v) is 2.11. The van der Waals surface area contributed by atoms with Crippen LogP contribution in [0.1, 0.15) is 23.1 Å². The van der Waals surface area contributed by atoms with Crippen molar-refractivity contribution in [1.82, 2.24) is 4.98 Å². The number of pyridine rings is 1. The first-order valence-electron chi connectivity index (χ1n) is 4.43. The molecule has 0 aliphatic rings. The Morgan fingerprint density at radius 3 is 2.62 bits per heavy atom. The van der Waals surface area contributed by atoms with Gasteiger partial charge in [-0.25, -0.2) is 13.8 Å². The number of hydrogen-bond donors (Lipinski definition) is 3. The number of hydrogen-bond acceptors (Lipinski definition) is 4. The highest BCUT2D eigenvalue weighted by Gasteiger charge is 2.20. The Morgan fingerprint density at radius 1 is 1.56 bits per heavy atom. The SMILES string of the molecule is NCc1c(CC(=O)O)cnc(N)c1C(F)F. The predicted octanol–water partition coefficient (Wildman–Crippen LogP) is 0.687. The summed E-state index contributed by atoms with van der Waals surface area (Å²) in [7, 11) is 0. The monoisotopic (exact) mass is 231 g/mol. The summed E-state index contributed by atoms with van der Waals surface area (Å²) in [4.78, 5) is 14.1. The highest BCUT2D eigenvalue weighted by atomic mass is 19.3. The molecule has 0 radical (unpaired) electrons. The molecule has 0 saturated heterocycles. The molecule has 0 atom stereocenters. The fourth-order valence-corrected chi connectivity index (χ4v) is 1.42. The minimum absolute atomic E-state index is 0.0601. The van der Waals surface area contributed by atoms with Gasteiger partial charge in [-0.1, -0.05) is 0 Å². The zero-order valence-corrected chi connectivity index (χ0v) is 8.28. The number of aromatic nitrogens is 1. The summed E-state index contributed by atoms with van der Waals surface area (Å²) in [5.74, 6) is -1.45. The lowest BCUT2D eigenvalue weighted by molar-refractivity contribution is -0.136. The number of rotatable bonds is 4. The molecule has 0 unspecified atom stereocenters. The van der Waals surface area contributed by atoms with Crippen LogP contribution in [0, 0.1) is 0 Å². The molecule has 0 spiro atoms. The van der Waals surface area contributed by atoms with Crippen LogP contribution in [0.2, 0.25) is 0 Å². The van der Waals surface area contributed by atoms with Crippen molar-refractivity contribution >= 4 is 11.8 Å². The molecule has 0 amide bonds. The summed E-state index contributed by atoms with van der Waals surface area (Å²) >= 11 is 0. The third kappa shape index (κ3) is 2.43. The Bertz CT molecular complexity index is 410. The normalized spacial score (nSPS) is 10.8. The highest BCUT2D eigenvalue weighted by molar-refractivity contribution is 5.71. The molecule has 0 fully saturated rings. The van der Waals surface area contributed by atoms with Gasteiger partial charge < -0.3 is 16.6 Å². The summed E-state index contributed by atoms with van der Waals surface area (Å²) in [6.45, 7) is -0.199. The largest absolute Gasteiger partial charge is 0.481 e. The van der Waals surface area contributed by atoms with E-state index in [1.54, 1.807) is 0 Å². The van der Waals surface area contributed by atoms with Crippen LogP contribution in [0.25, 0.3) is 0 Å². The van der Waals surface area contributed by atoms with Gasteiger partial charge in [0.1, 0.15) is 5.82 Å². The molecule has 0 bridgehead atoms. The molecule has 0 aliphatic carbocycles. The Morgan fingerprint density at radius 2 is 2.19 bits per heavy atom. The van der Waals surface area contributed by atoms with Crippen molar-refractivity contribution in [2.24, 2.45) is 5.73 Å². The molecule has 16 heavy (non-hydrogen) atoms. The smallest absolute Gasteiger partial charge is 0.307 e. The van der Waals surface area contributed by atoms with Crippen molar-refractivity contribution in [2.75, 3.05) is 5.73 Å². The second-order valence-corrected chi connectivity index (χ2v) is 3.14. The van der Waals surface area contributed by atoms with Crippen molar-refractivity contribution in [2.45, 2.75) is 19.4 Å². The van der Waals surface area contributed by atoms with Crippen LogP contribution < -0.4 is 11.5 Å². The number of aliphatic carboxylic acids is 1. The van der Waals surface area contributed by atoms with E-state index in [1.807, 2.05) is 0 Å². The molecule has 5 nitrogen and oxygen atoms in total. The first kappa shape index (κ1) is 12.3. The van der Waals surface area contributed by atoms with Crippen LogP contribution in [0.15, 0.2) is 6.20 Å². The van der Waals surface area contributed by atoms with E-state index in [1.165, 1.54) is 0 Å². The van der Waals surface area contributed by atoms with Crippen LogP contribution in [0.5, 0.6) is 0 Å². The second-order valence-electron chi connectivity index (χ2n) is 3.14. The first-order valence-corrected chi connectivity index (χ1v) is 4.43. The molecule has 1 aromatic rings. The number of carbonyl (C=O) groups is 1. The van der Waals surface area contributed by atoms with E-state index in [2.05, 4.69) is 4.98 Å². The standard InChI is InChI=1S/C9H11F2N3O2/c10-8(11)7-5(2-12)4(1-6(15)16)3-14-9(7)13/h3,8H,1-2,12H2,(H2,13,14)(H,15,16). The lowest BCUT2D eigenvalue weighted by atomic mass is 10.0. The fraction of sp³-hybridized carbons (Fsp3) is 0.333. The van der Waals surface area contributed by atoms with Gasteiger partial charge in [0, 0.05) is 12.7 Å². The van der Waals surface area contributed by atoms with E-state index in [0.29, 0.717) is 0 Å². The summed E-state index contributed by atoms with van der Waals surface area (Å²) in [6.07, 6.45) is -2.06. The Balaban J connectivity index is 3.30. The average molecular weight is 231 g/mol. The molecule has 1 heterocycles. The molecule has 1 rings (SSSR count). The van der Waals surface area contributed by atoms with E-state index in [-0.39, 0.29) is 23.5 Å². The van der Waals surface area contributed by atoms with Gasteiger partial charge in [0.2, 0.25) is 0 Å². The van der Waals surface area contributed by atoms with E-state index in [0.717, 1.165) is 6.20 Å². The molecular weight excluding hydrogens is 220 g/mol. The van der Waals surface area contributed by atoms with Gasteiger partial charge in [-0.3, -0.25) is 4.79 Å². The zero-order valence-electron chi connectivity index (χ0n) is 8.28. The first-order chi connectivity index (χ1) is 7.47. The summed E-state index contributed by atoms with van der Waals surface area (Å²) in [5, 5.41) is 8.60. The van der Waals surface area contributed by atoms with Gasteiger partial charge in [-0.2, -0.15) is 0 Å². The Kier molecular flexibility index (Phi) is 3.73. The summed E-state index contributed by atoms with van der Waals surface area (Å²) < 4.78 is 25.3. The second kappa shape index (κ2) is 4.84. The van der Waals surface area contributed by atoms with Crippen LogP contribution >= 0.6 is 0 Å². The number of nitrogen functional groups attached to an aromatic ring is 1. The number of nitrogens with zero attached hydrogens (tertiary/aromatic N) is 1. The molecule has 0 aliphatic heterocycles. The molecule has 1 aromatic heterocycles. The van der Waals surface area contributed by atoms with Crippen LogP contribution in [-0.2, 0) is 17.8 Å². The number of carboxylic acids is 1. The maximum Gasteiger partial charge on any atom is 0.307 e. The van der Waals surface area contributed by atoms with Gasteiger partial charge >= 0.3 is 5.97 Å². The number of anilines is 1. The average Bonchev–Trinajstić information content (AvgIpc) is 2.18. The maximum atomic E-state index is 12.7. The van der Waals surface area contributed by atoms with Crippen molar-refractivity contribution in [3.8, 4) is 0 Å². The van der Waals surface area contributed by atoms with E-state index >= 15 is 0 Å². The van der Waals surface area contributed by atoms with Crippen molar-refractivity contribution in [3.05, 3.63) is 22.9 Å². The molecule has 7 heteroatoms. The van der Waals surface area contributed by atoms with Gasteiger partial charge in [0.25, 0.3) is 6.43 Å². The zero-order chi connectivity index (χ0) is 12.3. The quantitative estimate of drug-likeness (QED) is 0.707. The van der Waals surface area contributed by atoms with Crippen molar-refractivity contribution < 1.29 is 18.7 Å². The number of carboxylic acid groups (broad SMARTS) is 1. The van der Waals surface area contributed by atoms with Gasteiger partial charge in [0.05, 0.1) is 12.0 Å². The minimum Gasteiger partial charge on any atom is -0.481 e. The minimum atomic E-state index is -2.82. The summed E-state index contributed by atoms with van der Waals surface area (Å²) in [5.41, 5.74) is 10.4. The van der Waals surface area contributed by atoms with Gasteiger partial charge in [0.15, 0.2) is 0 Å². The Hall–Kier alpha value is -1.76.